The molecule has 0 heterocycles. The van der Waals surface area contributed by atoms with Crippen molar-refractivity contribution in [3.63, 3.8) is 0 Å². The van der Waals surface area contributed by atoms with Crippen molar-refractivity contribution in [3.8, 4) is 0 Å². The van der Waals surface area contributed by atoms with Gasteiger partial charge in [-0.15, -0.1) is 0 Å². The highest BCUT2D eigenvalue weighted by Crippen LogP contribution is 2.29. The summed E-state index contributed by atoms with van der Waals surface area (Å²) in [6.45, 7) is 3.29. The third-order valence-electron chi connectivity index (χ3n) is 3.93. The molecule has 104 valence electrons. The first kappa shape index (κ1) is 14.4. The van der Waals surface area contributed by atoms with Crippen LogP contribution in [0.5, 0.6) is 0 Å². The molecule has 1 aromatic carbocycles. The molecule has 1 aromatic rings. The summed E-state index contributed by atoms with van der Waals surface area (Å²) in [7, 11) is 0. The van der Waals surface area contributed by atoms with Crippen molar-refractivity contribution in [2.45, 2.75) is 32.6 Å². The number of anilines is 1. The van der Waals surface area contributed by atoms with E-state index in [0.29, 0.717) is 5.56 Å². The molecule has 3 nitrogen and oxygen atoms in total. The third-order valence-corrected chi connectivity index (χ3v) is 4.59. The number of carboxylic acids is 1. The predicted molar refractivity (Wildman–Crippen MR) is 80.7 cm³/mol. The average molecular weight is 326 g/mol. The lowest BCUT2D eigenvalue weighted by Gasteiger charge is -2.26. The van der Waals surface area contributed by atoms with Gasteiger partial charge in [0.2, 0.25) is 0 Å². The van der Waals surface area contributed by atoms with E-state index in [4.69, 9.17) is 5.11 Å². The van der Waals surface area contributed by atoms with Gasteiger partial charge >= 0.3 is 5.97 Å². The Morgan fingerprint density at radius 1 is 1.37 bits per heavy atom. The van der Waals surface area contributed by atoms with Crippen molar-refractivity contribution >= 4 is 27.6 Å². The zero-order chi connectivity index (χ0) is 13.8. The van der Waals surface area contributed by atoms with E-state index in [0.717, 1.165) is 28.5 Å². The van der Waals surface area contributed by atoms with Crippen molar-refractivity contribution < 1.29 is 9.90 Å². The van der Waals surface area contributed by atoms with Crippen LogP contribution < -0.4 is 5.32 Å². The van der Waals surface area contributed by atoms with Gasteiger partial charge < -0.3 is 10.4 Å². The molecule has 1 aliphatic rings. The fourth-order valence-corrected chi connectivity index (χ4v) is 3.10. The quantitative estimate of drug-likeness (QED) is 0.863. The minimum absolute atomic E-state index is 0.309. The minimum atomic E-state index is -0.895. The summed E-state index contributed by atoms with van der Waals surface area (Å²) in [4.78, 5) is 10.9. The van der Waals surface area contributed by atoms with E-state index in [1.54, 1.807) is 12.1 Å². The third kappa shape index (κ3) is 3.96. The van der Waals surface area contributed by atoms with Gasteiger partial charge in [-0.2, -0.15) is 0 Å². The molecule has 0 aromatic heterocycles. The molecule has 1 aliphatic carbocycles. The number of rotatable bonds is 4. The van der Waals surface area contributed by atoms with Crippen LogP contribution in [0.4, 0.5) is 5.69 Å². The number of carboxylic acid groups (broad SMARTS) is 1. The van der Waals surface area contributed by atoms with E-state index in [-0.39, 0.29) is 0 Å². The number of carbonyl (C=O) groups is 1. The van der Waals surface area contributed by atoms with Crippen molar-refractivity contribution in [3.05, 3.63) is 28.2 Å². The Balaban J connectivity index is 1.91. The lowest BCUT2D eigenvalue weighted by molar-refractivity contribution is 0.0697. The molecule has 0 bridgehead atoms. The molecular weight excluding hydrogens is 306 g/mol. The van der Waals surface area contributed by atoms with Crippen molar-refractivity contribution in [1.82, 2.24) is 0 Å². The Labute approximate surface area is 122 Å². The molecule has 0 unspecified atom stereocenters. The van der Waals surface area contributed by atoms with Crippen molar-refractivity contribution in [2.24, 2.45) is 11.8 Å². The van der Waals surface area contributed by atoms with Crippen LogP contribution in [0.3, 0.4) is 0 Å². The Morgan fingerprint density at radius 2 is 2.05 bits per heavy atom. The van der Waals surface area contributed by atoms with Crippen molar-refractivity contribution in [1.29, 1.82) is 0 Å². The van der Waals surface area contributed by atoms with Gasteiger partial charge in [-0.05, 0) is 58.8 Å². The molecule has 1 saturated carbocycles. The zero-order valence-electron chi connectivity index (χ0n) is 11.2. The normalized spacial score (nSPS) is 23.1. The number of hydrogen-bond acceptors (Lipinski definition) is 2. The van der Waals surface area contributed by atoms with Crippen LogP contribution in [-0.2, 0) is 0 Å². The minimum Gasteiger partial charge on any atom is -0.478 e. The van der Waals surface area contributed by atoms with E-state index in [1.807, 2.05) is 6.07 Å². The first-order valence-corrected chi connectivity index (χ1v) is 7.62. The average Bonchev–Trinajstić information content (AvgIpc) is 2.39. The first-order chi connectivity index (χ1) is 9.06. The van der Waals surface area contributed by atoms with E-state index in [1.165, 1.54) is 25.7 Å². The van der Waals surface area contributed by atoms with Crippen LogP contribution in [0.25, 0.3) is 0 Å². The lowest BCUT2D eigenvalue weighted by atomic mass is 9.83. The molecular formula is C15H20BrNO2. The summed E-state index contributed by atoms with van der Waals surface area (Å²) in [6.07, 6.45) is 5.23. The number of nitrogens with one attached hydrogen (secondary N) is 1. The van der Waals surface area contributed by atoms with Gasteiger partial charge in [0, 0.05) is 16.7 Å². The largest absolute Gasteiger partial charge is 0.478 e. The topological polar surface area (TPSA) is 49.3 Å². The first-order valence-electron chi connectivity index (χ1n) is 6.83. The van der Waals surface area contributed by atoms with Crippen LogP contribution in [0, 0.1) is 11.8 Å². The monoisotopic (exact) mass is 325 g/mol. The summed E-state index contributed by atoms with van der Waals surface area (Å²) >= 11 is 3.42. The van der Waals surface area contributed by atoms with E-state index < -0.39 is 5.97 Å². The second kappa shape index (κ2) is 6.42. The Bertz CT molecular complexity index is 453. The second-order valence-electron chi connectivity index (χ2n) is 5.51. The summed E-state index contributed by atoms with van der Waals surface area (Å²) in [5.74, 6) is 0.716. The number of benzene rings is 1. The Hall–Kier alpha value is -1.03. The SMILES string of the molecule is CC1CCC(CNc2ccc(C(=O)O)cc2Br)CC1. The van der Waals surface area contributed by atoms with Crippen LogP contribution >= 0.6 is 15.9 Å². The maximum absolute atomic E-state index is 10.9. The number of aromatic carboxylic acids is 1. The zero-order valence-corrected chi connectivity index (χ0v) is 12.7. The molecule has 0 saturated heterocycles. The van der Waals surface area contributed by atoms with Gasteiger partial charge in [0.1, 0.15) is 0 Å². The molecule has 0 atom stereocenters. The maximum Gasteiger partial charge on any atom is 0.335 e. The fraction of sp³-hybridized carbons (Fsp3) is 0.533. The summed E-state index contributed by atoms with van der Waals surface area (Å²) < 4.78 is 0.816. The number of hydrogen-bond donors (Lipinski definition) is 2. The second-order valence-corrected chi connectivity index (χ2v) is 6.36. The predicted octanol–water partition coefficient (Wildman–Crippen LogP) is 4.39. The molecule has 0 radical (unpaired) electrons. The molecule has 1 fully saturated rings. The van der Waals surface area contributed by atoms with Gasteiger partial charge in [0.25, 0.3) is 0 Å². The van der Waals surface area contributed by atoms with Gasteiger partial charge in [0.15, 0.2) is 0 Å². The van der Waals surface area contributed by atoms with Crippen molar-refractivity contribution in [2.75, 3.05) is 11.9 Å². The van der Waals surface area contributed by atoms with Gasteiger partial charge in [0.05, 0.1) is 5.56 Å². The smallest absolute Gasteiger partial charge is 0.335 e. The summed E-state index contributed by atoms with van der Waals surface area (Å²) in [5, 5.41) is 12.3. The van der Waals surface area contributed by atoms with E-state index >= 15 is 0 Å². The fourth-order valence-electron chi connectivity index (χ4n) is 2.58. The summed E-state index contributed by atoms with van der Waals surface area (Å²) in [6, 6.07) is 5.12. The maximum atomic E-state index is 10.9. The summed E-state index contributed by atoms with van der Waals surface area (Å²) in [5.41, 5.74) is 1.28. The molecule has 0 amide bonds. The van der Waals surface area contributed by atoms with Gasteiger partial charge in [-0.25, -0.2) is 4.79 Å². The highest BCUT2D eigenvalue weighted by molar-refractivity contribution is 9.10. The number of halogens is 1. The Kier molecular flexibility index (Phi) is 4.86. The Morgan fingerprint density at radius 3 is 2.63 bits per heavy atom. The van der Waals surface area contributed by atoms with Crippen LogP contribution in [0.15, 0.2) is 22.7 Å². The van der Waals surface area contributed by atoms with E-state index in [9.17, 15) is 4.79 Å². The highest BCUT2D eigenvalue weighted by atomic mass is 79.9. The standard InChI is InChI=1S/C15H20BrNO2/c1-10-2-4-11(5-3-10)9-17-14-7-6-12(15(18)19)8-13(14)16/h6-8,10-11,17H,2-5,9H2,1H3,(H,18,19). The van der Waals surface area contributed by atoms with Crippen LogP contribution in [0.2, 0.25) is 0 Å². The molecule has 0 aliphatic heterocycles. The lowest BCUT2D eigenvalue weighted by Crippen LogP contribution is -2.20. The molecule has 0 spiro atoms. The highest BCUT2D eigenvalue weighted by Gasteiger charge is 2.18. The molecule has 2 rings (SSSR count). The molecule has 19 heavy (non-hydrogen) atoms. The molecule has 2 N–H and O–H groups in total. The van der Waals surface area contributed by atoms with Gasteiger partial charge in [-0.1, -0.05) is 19.8 Å². The van der Waals surface area contributed by atoms with Gasteiger partial charge in [-0.3, -0.25) is 0 Å². The molecule has 4 heteroatoms. The van der Waals surface area contributed by atoms with E-state index in [2.05, 4.69) is 28.2 Å². The van der Waals surface area contributed by atoms with Crippen LogP contribution in [-0.4, -0.2) is 17.6 Å². The van der Waals surface area contributed by atoms with Crippen LogP contribution in [0.1, 0.15) is 43.0 Å².